The summed E-state index contributed by atoms with van der Waals surface area (Å²) in [5, 5.41) is 6.77. The van der Waals surface area contributed by atoms with E-state index in [-0.39, 0.29) is 5.91 Å². The van der Waals surface area contributed by atoms with E-state index in [0.29, 0.717) is 33.7 Å². The number of pyridine rings is 2. The predicted molar refractivity (Wildman–Crippen MR) is 100 cm³/mol. The number of amides is 1. The van der Waals surface area contributed by atoms with Gasteiger partial charge in [0, 0.05) is 17.4 Å². The number of carbonyl (C=O) groups is 1. The van der Waals surface area contributed by atoms with Crippen molar-refractivity contribution in [2.45, 2.75) is 6.54 Å². The molecule has 0 aliphatic heterocycles. The molecule has 0 spiro atoms. The third-order valence-electron chi connectivity index (χ3n) is 3.38. The lowest BCUT2D eigenvalue weighted by molar-refractivity contribution is 0.102. The van der Waals surface area contributed by atoms with Crippen LogP contribution in [-0.4, -0.2) is 15.9 Å². The van der Waals surface area contributed by atoms with Crippen molar-refractivity contribution in [3.63, 3.8) is 0 Å². The molecular weight excluding hydrogens is 359 g/mol. The van der Waals surface area contributed by atoms with Gasteiger partial charge in [0.1, 0.15) is 5.82 Å². The van der Waals surface area contributed by atoms with E-state index in [9.17, 15) is 4.79 Å². The molecule has 0 aliphatic carbocycles. The van der Waals surface area contributed by atoms with Gasteiger partial charge in [-0.3, -0.25) is 9.78 Å². The van der Waals surface area contributed by atoms with Crippen molar-refractivity contribution in [2.75, 3.05) is 10.6 Å². The maximum atomic E-state index is 12.3. The maximum absolute atomic E-state index is 12.3. The molecule has 0 aliphatic rings. The van der Waals surface area contributed by atoms with Gasteiger partial charge in [-0.2, -0.15) is 0 Å². The predicted octanol–water partition coefficient (Wildman–Crippen LogP) is 4.65. The molecule has 0 unspecified atom stereocenters. The van der Waals surface area contributed by atoms with E-state index in [1.807, 2.05) is 18.2 Å². The summed E-state index contributed by atoms with van der Waals surface area (Å²) in [5.41, 5.74) is 1.83. The molecule has 126 valence electrons. The van der Waals surface area contributed by atoms with E-state index in [4.69, 9.17) is 23.2 Å². The SMILES string of the molecule is O=C(Nc1ccc(Cl)cc1Cl)c1ccc(NCc2ccccn2)nc1. The molecule has 3 rings (SSSR count). The first kappa shape index (κ1) is 17.2. The Hall–Kier alpha value is -2.63. The number of anilines is 2. The van der Waals surface area contributed by atoms with Crippen LogP contribution in [0.4, 0.5) is 11.5 Å². The average Bonchev–Trinajstić information content (AvgIpc) is 2.63. The van der Waals surface area contributed by atoms with Gasteiger partial charge >= 0.3 is 0 Å². The van der Waals surface area contributed by atoms with Crippen LogP contribution in [0, 0.1) is 0 Å². The fourth-order valence-corrected chi connectivity index (χ4v) is 2.56. The average molecular weight is 373 g/mol. The Morgan fingerprint density at radius 3 is 2.60 bits per heavy atom. The van der Waals surface area contributed by atoms with Crippen molar-refractivity contribution >= 4 is 40.6 Å². The van der Waals surface area contributed by atoms with Gasteiger partial charge in [-0.1, -0.05) is 29.3 Å². The van der Waals surface area contributed by atoms with Crippen LogP contribution in [0.2, 0.25) is 10.0 Å². The van der Waals surface area contributed by atoms with Gasteiger partial charge in [0.2, 0.25) is 0 Å². The standard InChI is InChI=1S/C18H14Cl2N4O/c19-13-5-6-16(15(20)9-13)24-18(25)12-4-7-17(22-10-12)23-11-14-3-1-2-8-21-14/h1-10H,11H2,(H,22,23)(H,24,25). The number of rotatable bonds is 5. The maximum Gasteiger partial charge on any atom is 0.257 e. The summed E-state index contributed by atoms with van der Waals surface area (Å²) in [6.45, 7) is 0.555. The summed E-state index contributed by atoms with van der Waals surface area (Å²) in [7, 11) is 0. The molecule has 3 aromatic rings. The van der Waals surface area contributed by atoms with Crippen molar-refractivity contribution < 1.29 is 4.79 Å². The molecule has 1 amide bonds. The van der Waals surface area contributed by atoms with E-state index in [2.05, 4.69) is 20.6 Å². The van der Waals surface area contributed by atoms with Gasteiger partial charge in [-0.05, 0) is 42.5 Å². The minimum atomic E-state index is -0.298. The number of hydrogen-bond donors (Lipinski definition) is 2. The number of benzene rings is 1. The van der Waals surface area contributed by atoms with Crippen LogP contribution >= 0.6 is 23.2 Å². The molecule has 0 radical (unpaired) electrons. The highest BCUT2D eigenvalue weighted by atomic mass is 35.5. The summed E-state index contributed by atoms with van der Waals surface area (Å²) in [4.78, 5) is 20.7. The second-order valence-corrected chi connectivity index (χ2v) is 6.03. The second kappa shape index (κ2) is 7.96. The minimum absolute atomic E-state index is 0.298. The fourth-order valence-electron chi connectivity index (χ4n) is 2.10. The highest BCUT2D eigenvalue weighted by molar-refractivity contribution is 6.36. The first-order chi connectivity index (χ1) is 12.1. The molecule has 25 heavy (non-hydrogen) atoms. The molecular formula is C18H14Cl2N4O. The fraction of sp³-hybridized carbons (Fsp3) is 0.0556. The van der Waals surface area contributed by atoms with Crippen LogP contribution in [0.15, 0.2) is 60.9 Å². The second-order valence-electron chi connectivity index (χ2n) is 5.19. The van der Waals surface area contributed by atoms with Gasteiger partial charge in [-0.15, -0.1) is 0 Å². The van der Waals surface area contributed by atoms with Crippen molar-refractivity contribution in [3.05, 3.63) is 82.2 Å². The number of nitrogens with one attached hydrogen (secondary N) is 2. The third-order valence-corrected chi connectivity index (χ3v) is 3.93. The number of aromatic nitrogens is 2. The lowest BCUT2D eigenvalue weighted by Crippen LogP contribution is -2.13. The van der Waals surface area contributed by atoms with E-state index in [1.165, 1.54) is 6.20 Å². The molecule has 0 saturated heterocycles. The number of halogens is 2. The lowest BCUT2D eigenvalue weighted by Gasteiger charge is -2.08. The van der Waals surface area contributed by atoms with Crippen LogP contribution in [-0.2, 0) is 6.54 Å². The van der Waals surface area contributed by atoms with Crippen LogP contribution < -0.4 is 10.6 Å². The Bertz CT molecular complexity index is 870. The van der Waals surface area contributed by atoms with E-state index >= 15 is 0 Å². The largest absolute Gasteiger partial charge is 0.364 e. The van der Waals surface area contributed by atoms with Gasteiger partial charge in [0.15, 0.2) is 0 Å². The highest BCUT2D eigenvalue weighted by Gasteiger charge is 2.09. The molecule has 0 saturated carbocycles. The van der Waals surface area contributed by atoms with Crippen molar-refractivity contribution in [1.82, 2.24) is 9.97 Å². The summed E-state index contributed by atoms with van der Waals surface area (Å²) in [6.07, 6.45) is 3.24. The Balaban J connectivity index is 1.62. The third kappa shape index (κ3) is 4.68. The Kier molecular flexibility index (Phi) is 5.48. The first-order valence-electron chi connectivity index (χ1n) is 7.48. The van der Waals surface area contributed by atoms with E-state index in [0.717, 1.165) is 5.69 Å². The zero-order valence-corrected chi connectivity index (χ0v) is 14.6. The Labute approximate surface area is 155 Å². The highest BCUT2D eigenvalue weighted by Crippen LogP contribution is 2.25. The van der Waals surface area contributed by atoms with Crippen LogP contribution in [0.1, 0.15) is 16.1 Å². The van der Waals surface area contributed by atoms with Gasteiger partial charge in [0.05, 0.1) is 28.5 Å². The minimum Gasteiger partial charge on any atom is -0.364 e. The van der Waals surface area contributed by atoms with Gasteiger partial charge in [0.25, 0.3) is 5.91 Å². The molecule has 0 fully saturated rings. The monoisotopic (exact) mass is 372 g/mol. The summed E-state index contributed by atoms with van der Waals surface area (Å²) >= 11 is 11.9. The summed E-state index contributed by atoms with van der Waals surface area (Å²) < 4.78 is 0. The zero-order valence-electron chi connectivity index (χ0n) is 13.0. The quantitative estimate of drug-likeness (QED) is 0.683. The van der Waals surface area contributed by atoms with Crippen molar-refractivity contribution in [1.29, 1.82) is 0 Å². The number of nitrogens with zero attached hydrogens (tertiary/aromatic N) is 2. The number of hydrogen-bond acceptors (Lipinski definition) is 4. The lowest BCUT2D eigenvalue weighted by atomic mass is 10.2. The Morgan fingerprint density at radius 1 is 1.04 bits per heavy atom. The smallest absolute Gasteiger partial charge is 0.257 e. The molecule has 2 heterocycles. The molecule has 7 heteroatoms. The zero-order chi connectivity index (χ0) is 17.6. The van der Waals surface area contributed by atoms with Crippen molar-refractivity contribution in [3.8, 4) is 0 Å². The van der Waals surface area contributed by atoms with Crippen LogP contribution in [0.5, 0.6) is 0 Å². The molecule has 2 aromatic heterocycles. The normalized spacial score (nSPS) is 10.3. The Morgan fingerprint density at radius 2 is 1.92 bits per heavy atom. The van der Waals surface area contributed by atoms with Gasteiger partial charge < -0.3 is 10.6 Å². The molecule has 0 bridgehead atoms. The molecule has 5 nitrogen and oxygen atoms in total. The summed E-state index contributed by atoms with van der Waals surface area (Å²) in [5.74, 6) is 0.361. The topological polar surface area (TPSA) is 66.9 Å². The van der Waals surface area contributed by atoms with E-state index in [1.54, 1.807) is 36.5 Å². The number of carbonyl (C=O) groups excluding carboxylic acids is 1. The van der Waals surface area contributed by atoms with Crippen molar-refractivity contribution in [2.24, 2.45) is 0 Å². The van der Waals surface area contributed by atoms with Crippen LogP contribution in [0.3, 0.4) is 0 Å². The van der Waals surface area contributed by atoms with Gasteiger partial charge in [-0.25, -0.2) is 4.98 Å². The molecule has 2 N–H and O–H groups in total. The summed E-state index contributed by atoms with van der Waals surface area (Å²) in [6, 6.07) is 14.0. The van der Waals surface area contributed by atoms with Crippen LogP contribution in [0.25, 0.3) is 0 Å². The molecule has 1 aromatic carbocycles. The van der Waals surface area contributed by atoms with E-state index < -0.39 is 0 Å². The molecule has 0 atom stereocenters. The first-order valence-corrected chi connectivity index (χ1v) is 8.23.